The number of hydrogen-bond acceptors (Lipinski definition) is 4. The van der Waals surface area contributed by atoms with E-state index in [4.69, 9.17) is 17.1 Å². The van der Waals surface area contributed by atoms with Crippen molar-refractivity contribution >= 4 is 29.2 Å². The summed E-state index contributed by atoms with van der Waals surface area (Å²) in [6, 6.07) is 11.7. The zero-order valence-corrected chi connectivity index (χ0v) is 19.9. The lowest BCUT2D eigenvalue weighted by atomic mass is 9.95. The highest BCUT2D eigenvalue weighted by Gasteiger charge is 2.30. The average Bonchev–Trinajstić information content (AvgIpc) is 2.86. The van der Waals surface area contributed by atoms with Gasteiger partial charge < -0.3 is 10.4 Å². The van der Waals surface area contributed by atoms with Crippen molar-refractivity contribution in [1.82, 2.24) is 10.2 Å². The van der Waals surface area contributed by atoms with Gasteiger partial charge in [0.2, 0.25) is 5.91 Å². The molecule has 1 aliphatic carbocycles. The van der Waals surface area contributed by atoms with Gasteiger partial charge in [0.15, 0.2) is 11.5 Å². The van der Waals surface area contributed by atoms with Gasteiger partial charge in [-0.15, -0.1) is 0 Å². The SMILES string of the molecule is [N-]=[N+]=NCCC(=O)N(Cc1ccc(Cl)cc1)/C(C(=O)NC1CCCCC1)=C(/O)c1ccc(F)cc1. The first kappa shape index (κ1) is 26.1. The maximum absolute atomic E-state index is 13.5. The van der Waals surface area contributed by atoms with Gasteiger partial charge in [0.25, 0.3) is 5.91 Å². The molecule has 0 aromatic heterocycles. The van der Waals surface area contributed by atoms with Gasteiger partial charge in [-0.05, 0) is 60.3 Å². The number of amides is 2. The molecular formula is C25H27ClFN5O3. The van der Waals surface area contributed by atoms with E-state index in [0.29, 0.717) is 10.6 Å². The van der Waals surface area contributed by atoms with Gasteiger partial charge in [-0.3, -0.25) is 14.5 Å². The van der Waals surface area contributed by atoms with Crippen LogP contribution in [0.5, 0.6) is 0 Å². The number of aliphatic hydroxyl groups is 1. The standard InChI is InChI=1S/C25H27ClFN5O3/c26-19-10-6-17(7-11-19)16-32(22(33)14-15-29-31-28)23(24(34)18-8-12-20(27)13-9-18)25(35)30-21-4-2-1-3-5-21/h6-13,21,34H,1-5,14-16H2,(H,30,35)/b24-23+. The third-order valence-electron chi connectivity index (χ3n) is 5.81. The molecule has 3 rings (SSSR count). The van der Waals surface area contributed by atoms with Crippen LogP contribution in [-0.2, 0) is 16.1 Å². The van der Waals surface area contributed by atoms with E-state index >= 15 is 0 Å². The molecule has 8 nitrogen and oxygen atoms in total. The first-order valence-corrected chi connectivity index (χ1v) is 11.8. The van der Waals surface area contributed by atoms with Crippen molar-refractivity contribution in [2.75, 3.05) is 6.54 Å². The van der Waals surface area contributed by atoms with Crippen molar-refractivity contribution in [3.63, 3.8) is 0 Å². The quantitative estimate of drug-likeness (QED) is 0.147. The van der Waals surface area contributed by atoms with Crippen LogP contribution in [0.25, 0.3) is 16.2 Å². The number of hydrogen-bond donors (Lipinski definition) is 2. The molecule has 1 fully saturated rings. The zero-order valence-electron chi connectivity index (χ0n) is 19.2. The summed E-state index contributed by atoms with van der Waals surface area (Å²) in [5.74, 6) is -2.08. The molecule has 0 bridgehead atoms. The molecule has 184 valence electrons. The third-order valence-corrected chi connectivity index (χ3v) is 6.06. The van der Waals surface area contributed by atoms with E-state index in [1.54, 1.807) is 24.3 Å². The Hall–Kier alpha value is -3.55. The lowest BCUT2D eigenvalue weighted by Crippen LogP contribution is -2.43. The summed E-state index contributed by atoms with van der Waals surface area (Å²) in [6.45, 7) is -0.147. The van der Waals surface area contributed by atoms with Crippen LogP contribution >= 0.6 is 11.6 Å². The minimum Gasteiger partial charge on any atom is -0.505 e. The fourth-order valence-electron chi connectivity index (χ4n) is 3.99. The molecule has 1 saturated carbocycles. The summed E-state index contributed by atoms with van der Waals surface area (Å²) in [4.78, 5) is 30.6. The molecule has 0 radical (unpaired) electrons. The van der Waals surface area contributed by atoms with Crippen LogP contribution in [-0.4, -0.2) is 34.4 Å². The van der Waals surface area contributed by atoms with Crippen LogP contribution < -0.4 is 5.32 Å². The molecule has 0 saturated heterocycles. The molecule has 0 spiro atoms. The van der Waals surface area contributed by atoms with E-state index in [1.165, 1.54) is 17.0 Å². The molecule has 0 heterocycles. The van der Waals surface area contributed by atoms with Gasteiger partial charge in [-0.25, -0.2) is 4.39 Å². The number of rotatable bonds is 9. The van der Waals surface area contributed by atoms with Crippen molar-refractivity contribution < 1.29 is 19.1 Å². The number of carbonyl (C=O) groups excluding carboxylic acids is 2. The molecule has 35 heavy (non-hydrogen) atoms. The smallest absolute Gasteiger partial charge is 0.272 e. The molecular weight excluding hydrogens is 473 g/mol. The van der Waals surface area contributed by atoms with Crippen LogP contribution in [0, 0.1) is 5.82 Å². The van der Waals surface area contributed by atoms with E-state index in [0.717, 1.165) is 44.2 Å². The van der Waals surface area contributed by atoms with Gasteiger partial charge in [-0.2, -0.15) is 0 Å². The summed E-state index contributed by atoms with van der Waals surface area (Å²) in [7, 11) is 0. The summed E-state index contributed by atoms with van der Waals surface area (Å²) in [5, 5.41) is 18.1. The summed E-state index contributed by atoms with van der Waals surface area (Å²) < 4.78 is 13.5. The van der Waals surface area contributed by atoms with Gasteiger partial charge in [0.1, 0.15) is 5.82 Å². The van der Waals surface area contributed by atoms with Crippen molar-refractivity contribution in [2.45, 2.75) is 51.1 Å². The fraction of sp³-hybridized carbons (Fsp3) is 0.360. The Kier molecular flexibility index (Phi) is 9.52. The number of nitrogens with zero attached hydrogens (tertiary/aromatic N) is 4. The Morgan fingerprint density at radius 3 is 2.40 bits per heavy atom. The Morgan fingerprint density at radius 1 is 1.11 bits per heavy atom. The summed E-state index contributed by atoms with van der Waals surface area (Å²) >= 11 is 5.99. The number of nitrogens with one attached hydrogen (secondary N) is 1. The van der Waals surface area contributed by atoms with Crippen LogP contribution in [0.1, 0.15) is 49.7 Å². The second-order valence-corrected chi connectivity index (χ2v) is 8.76. The molecule has 0 unspecified atom stereocenters. The minimum atomic E-state index is -0.607. The largest absolute Gasteiger partial charge is 0.505 e. The molecule has 1 aliphatic rings. The average molecular weight is 500 g/mol. The Labute approximate surface area is 208 Å². The van der Waals surface area contributed by atoms with Crippen LogP contribution in [0.15, 0.2) is 59.3 Å². The first-order chi connectivity index (χ1) is 16.9. The zero-order chi connectivity index (χ0) is 25.2. The molecule has 2 aromatic rings. The normalized spacial score (nSPS) is 14.5. The maximum atomic E-state index is 13.5. The van der Waals surface area contributed by atoms with Crippen LogP contribution in [0.3, 0.4) is 0 Å². The maximum Gasteiger partial charge on any atom is 0.272 e. The van der Waals surface area contributed by atoms with E-state index in [9.17, 15) is 19.1 Å². The molecule has 10 heteroatoms. The Morgan fingerprint density at radius 2 is 1.77 bits per heavy atom. The highest BCUT2D eigenvalue weighted by Crippen LogP contribution is 2.25. The van der Waals surface area contributed by atoms with Gasteiger partial charge in [0.05, 0.1) is 6.54 Å². The lowest BCUT2D eigenvalue weighted by molar-refractivity contribution is -0.133. The van der Waals surface area contributed by atoms with Crippen molar-refractivity contribution in [2.24, 2.45) is 5.11 Å². The fourth-order valence-corrected chi connectivity index (χ4v) is 4.12. The van der Waals surface area contributed by atoms with Gasteiger partial charge in [0, 0.05) is 34.5 Å². The number of halogens is 2. The van der Waals surface area contributed by atoms with E-state index in [-0.39, 0.29) is 36.8 Å². The Balaban J connectivity index is 2.05. The predicted molar refractivity (Wildman–Crippen MR) is 132 cm³/mol. The molecule has 2 N–H and O–H groups in total. The monoisotopic (exact) mass is 499 g/mol. The molecule has 2 amide bonds. The van der Waals surface area contributed by atoms with Crippen molar-refractivity contribution in [3.05, 3.63) is 86.6 Å². The van der Waals surface area contributed by atoms with Gasteiger partial charge >= 0.3 is 0 Å². The van der Waals surface area contributed by atoms with E-state index < -0.39 is 23.4 Å². The number of aliphatic hydroxyl groups excluding tert-OH is 1. The highest BCUT2D eigenvalue weighted by molar-refractivity contribution is 6.30. The number of benzene rings is 2. The topological polar surface area (TPSA) is 118 Å². The molecule has 2 aromatic carbocycles. The predicted octanol–water partition coefficient (Wildman–Crippen LogP) is 5.88. The summed E-state index contributed by atoms with van der Waals surface area (Å²) in [6.07, 6.45) is 4.49. The van der Waals surface area contributed by atoms with Crippen LogP contribution in [0.4, 0.5) is 4.39 Å². The molecule has 0 atom stereocenters. The third kappa shape index (κ3) is 7.47. The lowest BCUT2D eigenvalue weighted by Gasteiger charge is -2.29. The second-order valence-electron chi connectivity index (χ2n) is 8.32. The highest BCUT2D eigenvalue weighted by atomic mass is 35.5. The number of carbonyl (C=O) groups is 2. The van der Waals surface area contributed by atoms with Crippen molar-refractivity contribution in [3.8, 4) is 0 Å². The number of azide groups is 1. The summed E-state index contributed by atoms with van der Waals surface area (Å²) in [5.41, 5.74) is 9.20. The van der Waals surface area contributed by atoms with Crippen molar-refractivity contribution in [1.29, 1.82) is 0 Å². The van der Waals surface area contributed by atoms with Gasteiger partial charge in [-0.1, -0.05) is 48.1 Å². The van der Waals surface area contributed by atoms with E-state index in [1.807, 2.05) is 0 Å². The second kappa shape index (κ2) is 12.8. The van der Waals surface area contributed by atoms with E-state index in [2.05, 4.69) is 15.3 Å². The molecule has 0 aliphatic heterocycles. The first-order valence-electron chi connectivity index (χ1n) is 11.4. The van der Waals surface area contributed by atoms with Crippen LogP contribution in [0.2, 0.25) is 5.02 Å². The minimum absolute atomic E-state index is 0.0368. The Bertz CT molecular complexity index is 1110.